The number of aromatic nitrogens is 4. The molecule has 7 nitrogen and oxygen atoms in total. The summed E-state index contributed by atoms with van der Waals surface area (Å²) in [5.74, 6) is 2.01. The average Bonchev–Trinajstić information content (AvgIpc) is 3.55. The average molecular weight is 476 g/mol. The Morgan fingerprint density at radius 2 is 1.97 bits per heavy atom. The van der Waals surface area contributed by atoms with Crippen LogP contribution in [0.25, 0.3) is 32.4 Å². The minimum atomic E-state index is -0.0918. The molecule has 3 aromatic heterocycles. The van der Waals surface area contributed by atoms with Gasteiger partial charge in [0.2, 0.25) is 5.91 Å². The number of amides is 1. The van der Waals surface area contributed by atoms with Crippen LogP contribution in [-0.4, -0.2) is 25.7 Å². The minimum Gasteiger partial charge on any atom is -0.457 e. The summed E-state index contributed by atoms with van der Waals surface area (Å²) < 4.78 is 9.35. The second kappa shape index (κ2) is 9.13. The van der Waals surface area contributed by atoms with E-state index in [-0.39, 0.29) is 12.3 Å². The van der Waals surface area contributed by atoms with E-state index >= 15 is 0 Å². The van der Waals surface area contributed by atoms with Crippen LogP contribution in [0.15, 0.2) is 65.1 Å². The number of para-hydroxylation sites is 1. The molecule has 9 heteroatoms. The number of nitrogens with one attached hydrogen (secondary N) is 2. The largest absolute Gasteiger partial charge is 0.457 e. The summed E-state index contributed by atoms with van der Waals surface area (Å²) in [7, 11) is 0. The highest BCUT2D eigenvalue weighted by molar-refractivity contribution is 7.71. The lowest BCUT2D eigenvalue weighted by Crippen LogP contribution is -2.23. The summed E-state index contributed by atoms with van der Waals surface area (Å²) >= 11 is 6.94. The molecule has 0 aliphatic heterocycles. The van der Waals surface area contributed by atoms with E-state index in [1.807, 2.05) is 72.2 Å². The first-order valence-corrected chi connectivity index (χ1v) is 11.7. The first-order valence-electron chi connectivity index (χ1n) is 10.5. The molecule has 0 radical (unpaired) electrons. The molecule has 0 saturated heterocycles. The number of thiazole rings is 1. The van der Waals surface area contributed by atoms with Gasteiger partial charge in [-0.1, -0.05) is 42.0 Å². The molecule has 0 fully saturated rings. The molecule has 5 aromatic rings. The molecule has 2 N–H and O–H groups in total. The van der Waals surface area contributed by atoms with Gasteiger partial charge in [-0.2, -0.15) is 5.10 Å². The molecular formula is C24H21N5O2S2. The Labute approximate surface area is 199 Å². The van der Waals surface area contributed by atoms with Crippen molar-refractivity contribution in [2.45, 2.75) is 26.4 Å². The lowest BCUT2D eigenvalue weighted by Gasteiger charge is -2.08. The summed E-state index contributed by atoms with van der Waals surface area (Å²) in [6, 6.07) is 19.8. The normalized spacial score (nSPS) is 11.2. The highest BCUT2D eigenvalue weighted by Crippen LogP contribution is 2.31. The first kappa shape index (κ1) is 21.3. The molecule has 0 bridgehead atoms. The van der Waals surface area contributed by atoms with Crippen LogP contribution in [0.5, 0.6) is 0 Å². The minimum absolute atomic E-state index is 0.0918. The molecule has 1 amide bonds. The number of hydrogen-bond donors (Lipinski definition) is 2. The smallest absolute Gasteiger partial charge is 0.222 e. The third kappa shape index (κ3) is 4.64. The van der Waals surface area contributed by atoms with Crippen molar-refractivity contribution in [1.82, 2.24) is 25.1 Å². The number of nitrogens with zero attached hydrogens (tertiary/aromatic N) is 3. The van der Waals surface area contributed by atoms with Crippen molar-refractivity contribution in [3.05, 3.63) is 76.8 Å². The summed E-state index contributed by atoms with van der Waals surface area (Å²) in [6.45, 7) is 2.77. The first-order chi connectivity index (χ1) is 16.1. The van der Waals surface area contributed by atoms with Crippen LogP contribution in [0.2, 0.25) is 0 Å². The van der Waals surface area contributed by atoms with Gasteiger partial charge < -0.3 is 9.73 Å². The zero-order chi connectivity index (χ0) is 22.8. The second-order valence-electron chi connectivity index (χ2n) is 7.65. The number of carbonyl (C=O) groups excluding carboxylic acids is 1. The molecule has 0 atom stereocenters. The molecule has 33 heavy (non-hydrogen) atoms. The second-order valence-corrected chi connectivity index (χ2v) is 9.07. The molecule has 0 aliphatic rings. The monoisotopic (exact) mass is 475 g/mol. The van der Waals surface area contributed by atoms with Crippen molar-refractivity contribution in [3.63, 3.8) is 0 Å². The molecule has 3 heterocycles. The van der Waals surface area contributed by atoms with Crippen molar-refractivity contribution in [1.29, 1.82) is 0 Å². The fourth-order valence-corrected chi connectivity index (χ4v) is 4.65. The number of hydrogen-bond acceptors (Lipinski definition) is 6. The fourth-order valence-electron chi connectivity index (χ4n) is 3.50. The van der Waals surface area contributed by atoms with Crippen molar-refractivity contribution in [3.8, 4) is 22.2 Å². The van der Waals surface area contributed by atoms with Crippen LogP contribution < -0.4 is 5.32 Å². The van der Waals surface area contributed by atoms with Crippen LogP contribution >= 0.6 is 23.6 Å². The van der Waals surface area contributed by atoms with E-state index in [0.717, 1.165) is 26.6 Å². The van der Waals surface area contributed by atoms with Crippen molar-refractivity contribution in [2.75, 3.05) is 0 Å². The highest BCUT2D eigenvalue weighted by atomic mass is 32.1. The Morgan fingerprint density at radius 3 is 2.79 bits per heavy atom. The van der Waals surface area contributed by atoms with Crippen LogP contribution in [0.4, 0.5) is 0 Å². The molecule has 166 valence electrons. The Morgan fingerprint density at radius 1 is 1.15 bits per heavy atom. The number of rotatable bonds is 7. The van der Waals surface area contributed by atoms with E-state index in [9.17, 15) is 4.79 Å². The van der Waals surface area contributed by atoms with Gasteiger partial charge in [0, 0.05) is 18.5 Å². The number of benzene rings is 2. The number of H-pyrrole nitrogens is 1. The van der Waals surface area contributed by atoms with Gasteiger partial charge in [0.15, 0.2) is 21.4 Å². The SMILES string of the molecule is Cc1ccc(-c2n[nH]c(=S)n2CCC(=O)NCc2ccc(-c3nc4ccccc4s3)o2)cc1. The summed E-state index contributed by atoms with van der Waals surface area (Å²) in [5, 5.41) is 10.9. The molecule has 0 spiro atoms. The molecule has 2 aromatic carbocycles. The molecule has 0 saturated carbocycles. The lowest BCUT2D eigenvalue weighted by atomic mass is 10.1. The van der Waals surface area contributed by atoms with Gasteiger partial charge in [0.25, 0.3) is 0 Å². The van der Waals surface area contributed by atoms with Crippen molar-refractivity contribution in [2.24, 2.45) is 0 Å². The molecular weight excluding hydrogens is 454 g/mol. The topological polar surface area (TPSA) is 88.7 Å². The predicted molar refractivity (Wildman–Crippen MR) is 131 cm³/mol. The van der Waals surface area contributed by atoms with Crippen molar-refractivity contribution < 1.29 is 9.21 Å². The number of furan rings is 1. The standard InChI is InChI=1S/C24H21N5O2S2/c1-15-6-8-16(9-7-15)22-27-28-24(32)29(22)13-12-21(30)25-14-17-10-11-19(31-17)23-26-18-4-2-3-5-20(18)33-23/h2-11H,12-14H2,1H3,(H,25,30)(H,28,32). The number of fused-ring (bicyclic) bond motifs is 1. The quantitative estimate of drug-likeness (QED) is 0.304. The lowest BCUT2D eigenvalue weighted by molar-refractivity contribution is -0.121. The summed E-state index contributed by atoms with van der Waals surface area (Å²) in [6.07, 6.45) is 0.276. The van der Waals surface area contributed by atoms with Gasteiger partial charge in [-0.25, -0.2) is 4.98 Å². The van der Waals surface area contributed by atoms with Crippen LogP contribution in [0.1, 0.15) is 17.7 Å². The number of aromatic amines is 1. The summed E-state index contributed by atoms with van der Waals surface area (Å²) in [5.41, 5.74) is 3.07. The zero-order valence-corrected chi connectivity index (χ0v) is 19.5. The highest BCUT2D eigenvalue weighted by Gasteiger charge is 2.13. The van der Waals surface area contributed by atoms with Crippen LogP contribution in [0, 0.1) is 11.7 Å². The number of aryl methyl sites for hydroxylation is 1. The van der Waals surface area contributed by atoms with Crippen LogP contribution in [0.3, 0.4) is 0 Å². The van der Waals surface area contributed by atoms with Crippen molar-refractivity contribution >= 4 is 39.7 Å². The van der Waals surface area contributed by atoms with E-state index in [4.69, 9.17) is 16.6 Å². The van der Waals surface area contributed by atoms with E-state index in [1.54, 1.807) is 11.3 Å². The van der Waals surface area contributed by atoms with E-state index in [1.165, 1.54) is 5.56 Å². The van der Waals surface area contributed by atoms with Gasteiger partial charge in [-0.15, -0.1) is 11.3 Å². The fraction of sp³-hybridized carbons (Fsp3) is 0.167. The third-order valence-corrected chi connectivity index (χ3v) is 6.62. The Bertz CT molecular complexity index is 1440. The maximum atomic E-state index is 12.5. The Balaban J connectivity index is 1.20. The van der Waals surface area contributed by atoms with Gasteiger partial charge in [0.1, 0.15) is 5.76 Å². The molecule has 0 aliphatic carbocycles. The Kier molecular flexibility index (Phi) is 5.89. The predicted octanol–water partition coefficient (Wildman–Crippen LogP) is 5.49. The maximum absolute atomic E-state index is 12.5. The van der Waals surface area contributed by atoms with E-state index < -0.39 is 0 Å². The van der Waals surface area contributed by atoms with Gasteiger partial charge >= 0.3 is 0 Å². The molecule has 5 rings (SSSR count). The molecule has 0 unspecified atom stereocenters. The van der Waals surface area contributed by atoms with Crippen LogP contribution in [-0.2, 0) is 17.9 Å². The van der Waals surface area contributed by atoms with Gasteiger partial charge in [-0.3, -0.25) is 14.5 Å². The van der Waals surface area contributed by atoms with E-state index in [2.05, 4.69) is 20.5 Å². The third-order valence-electron chi connectivity index (χ3n) is 5.26. The summed E-state index contributed by atoms with van der Waals surface area (Å²) in [4.78, 5) is 17.1. The number of carbonyl (C=O) groups is 1. The van der Waals surface area contributed by atoms with Gasteiger partial charge in [0.05, 0.1) is 16.8 Å². The maximum Gasteiger partial charge on any atom is 0.222 e. The Hall–Kier alpha value is -3.56. The van der Waals surface area contributed by atoms with Gasteiger partial charge in [-0.05, 0) is 43.4 Å². The van der Waals surface area contributed by atoms with E-state index in [0.29, 0.717) is 29.4 Å². The zero-order valence-electron chi connectivity index (χ0n) is 17.9.